The number of ether oxygens (including phenoxy) is 1. The summed E-state index contributed by atoms with van der Waals surface area (Å²) < 4.78 is 34.0. The number of piperidine rings is 1. The number of fused-ring (bicyclic) bond motifs is 5. The van der Waals surface area contributed by atoms with Crippen LogP contribution in [0.1, 0.15) is 23.2 Å². The Kier molecular flexibility index (Phi) is 4.65. The second-order valence-electron chi connectivity index (χ2n) is 7.35. The lowest BCUT2D eigenvalue weighted by Crippen LogP contribution is -2.33. The Morgan fingerprint density at radius 2 is 1.93 bits per heavy atom. The number of hydrogen-bond donors (Lipinski definition) is 2. The first-order chi connectivity index (χ1) is 14.4. The molecule has 0 spiro atoms. The lowest BCUT2D eigenvalue weighted by atomic mass is 9.99. The smallest absolute Gasteiger partial charge is 0.338 e. The summed E-state index contributed by atoms with van der Waals surface area (Å²) in [5.74, 6) is -0.466. The van der Waals surface area contributed by atoms with Gasteiger partial charge in [0.25, 0.3) is 10.0 Å². The van der Waals surface area contributed by atoms with Crippen LogP contribution in [0.4, 0.5) is 5.69 Å². The molecule has 3 heterocycles. The Morgan fingerprint density at radius 3 is 2.73 bits per heavy atom. The maximum atomic E-state index is 12.9. The van der Waals surface area contributed by atoms with Crippen LogP contribution in [0.3, 0.4) is 0 Å². The molecule has 5 rings (SSSR count). The highest BCUT2D eigenvalue weighted by atomic mass is 35.5. The van der Waals surface area contributed by atoms with E-state index in [2.05, 4.69) is 15.0 Å². The number of hydrogen-bond acceptors (Lipinski definition) is 6. The first-order valence-electron chi connectivity index (χ1n) is 9.60. The molecule has 0 amide bonds. The molecule has 1 fully saturated rings. The normalized spacial score (nSPS) is 17.6. The molecule has 2 aliphatic heterocycles. The monoisotopic (exact) mass is 443 g/mol. The van der Waals surface area contributed by atoms with E-state index in [0.29, 0.717) is 38.3 Å². The van der Waals surface area contributed by atoms with Gasteiger partial charge in [-0.15, -0.1) is 0 Å². The number of halogens is 1. The minimum Gasteiger partial charge on any atom is -0.459 e. The van der Waals surface area contributed by atoms with Crippen LogP contribution < -0.4 is 10.0 Å². The zero-order chi connectivity index (χ0) is 20.9. The number of carbonyl (C=O) groups is 1. The van der Waals surface area contributed by atoms with Gasteiger partial charge in [-0.05, 0) is 62.3 Å². The van der Waals surface area contributed by atoms with Crippen LogP contribution in [0.5, 0.6) is 0 Å². The zero-order valence-corrected chi connectivity index (χ0v) is 17.4. The molecule has 30 heavy (non-hydrogen) atoms. The minimum absolute atomic E-state index is 0.0831. The topological polar surface area (TPSA) is 97.4 Å². The molecule has 3 aromatic rings. The summed E-state index contributed by atoms with van der Waals surface area (Å²) in [7, 11) is -3.82. The van der Waals surface area contributed by atoms with Crippen molar-refractivity contribution in [3.8, 4) is 11.1 Å². The van der Waals surface area contributed by atoms with E-state index < -0.39 is 16.0 Å². The van der Waals surface area contributed by atoms with E-state index in [9.17, 15) is 13.2 Å². The van der Waals surface area contributed by atoms with Crippen molar-refractivity contribution in [2.45, 2.75) is 23.8 Å². The van der Waals surface area contributed by atoms with Gasteiger partial charge in [-0.2, -0.15) is 0 Å². The van der Waals surface area contributed by atoms with Crippen LogP contribution in [-0.2, 0) is 14.8 Å². The highest BCUT2D eigenvalue weighted by Crippen LogP contribution is 2.45. The Morgan fingerprint density at radius 1 is 1.13 bits per heavy atom. The van der Waals surface area contributed by atoms with Gasteiger partial charge >= 0.3 is 5.97 Å². The molecule has 0 saturated carbocycles. The average Bonchev–Trinajstić information content (AvgIpc) is 2.75. The number of nitrogens with one attached hydrogen (secondary N) is 2. The molecule has 0 atom stereocenters. The van der Waals surface area contributed by atoms with E-state index >= 15 is 0 Å². The van der Waals surface area contributed by atoms with Crippen molar-refractivity contribution >= 4 is 44.2 Å². The summed E-state index contributed by atoms with van der Waals surface area (Å²) in [6, 6.07) is 9.68. The average molecular weight is 444 g/mol. The molecule has 7 nitrogen and oxygen atoms in total. The summed E-state index contributed by atoms with van der Waals surface area (Å²) in [4.78, 5) is 17.1. The largest absolute Gasteiger partial charge is 0.459 e. The lowest BCUT2D eigenvalue weighted by Gasteiger charge is -2.25. The Labute approximate surface area is 178 Å². The summed E-state index contributed by atoms with van der Waals surface area (Å²) in [5, 5.41) is 4.32. The first kappa shape index (κ1) is 19.3. The molecule has 1 saturated heterocycles. The molecule has 154 valence electrons. The first-order valence-corrected chi connectivity index (χ1v) is 11.5. The molecular formula is C21H18ClN3O4S. The van der Waals surface area contributed by atoms with Gasteiger partial charge in [0.1, 0.15) is 6.10 Å². The number of carbonyl (C=O) groups excluding carboxylic acids is 1. The summed E-state index contributed by atoms with van der Waals surface area (Å²) in [6.45, 7) is 1.61. The van der Waals surface area contributed by atoms with Crippen LogP contribution in [0.25, 0.3) is 22.0 Å². The number of esters is 1. The third-order valence-corrected chi connectivity index (χ3v) is 7.15. The van der Waals surface area contributed by atoms with Gasteiger partial charge in [-0.1, -0.05) is 11.6 Å². The molecule has 2 aliphatic rings. The number of pyridine rings is 1. The van der Waals surface area contributed by atoms with E-state index in [-0.39, 0.29) is 11.0 Å². The van der Waals surface area contributed by atoms with E-state index in [1.807, 2.05) is 0 Å². The van der Waals surface area contributed by atoms with Crippen molar-refractivity contribution in [2.24, 2.45) is 0 Å². The number of aromatic nitrogens is 1. The van der Waals surface area contributed by atoms with Crippen molar-refractivity contribution in [2.75, 3.05) is 17.8 Å². The highest BCUT2D eigenvalue weighted by molar-refractivity contribution is 7.93. The van der Waals surface area contributed by atoms with Crippen LogP contribution in [0.2, 0.25) is 5.02 Å². The number of rotatable bonds is 2. The number of benzene rings is 2. The van der Waals surface area contributed by atoms with Crippen LogP contribution in [0, 0.1) is 0 Å². The maximum Gasteiger partial charge on any atom is 0.338 e. The van der Waals surface area contributed by atoms with Gasteiger partial charge in [0.2, 0.25) is 0 Å². The molecule has 2 N–H and O–H groups in total. The van der Waals surface area contributed by atoms with Crippen LogP contribution in [-0.4, -0.2) is 38.6 Å². The number of sulfonamides is 1. The highest BCUT2D eigenvalue weighted by Gasteiger charge is 2.31. The third kappa shape index (κ3) is 3.21. The van der Waals surface area contributed by atoms with Crippen LogP contribution >= 0.6 is 11.6 Å². The molecule has 9 heteroatoms. The van der Waals surface area contributed by atoms with Crippen molar-refractivity contribution in [1.29, 1.82) is 0 Å². The minimum atomic E-state index is -3.82. The SMILES string of the molecule is O=C(OC1CCNCC1)c1ccc2c(c1)-c1cc(Cl)c3cccnc3c1NS2(=O)=O. The molecule has 2 aromatic carbocycles. The van der Waals surface area contributed by atoms with Gasteiger partial charge in [0.15, 0.2) is 0 Å². The Bertz CT molecular complexity index is 1290. The summed E-state index contributed by atoms with van der Waals surface area (Å²) in [5.41, 5.74) is 2.08. The second kappa shape index (κ2) is 7.23. The molecule has 0 aliphatic carbocycles. The van der Waals surface area contributed by atoms with Gasteiger partial charge in [-0.3, -0.25) is 9.71 Å². The molecule has 0 bridgehead atoms. The van der Waals surface area contributed by atoms with Crippen molar-refractivity contribution in [3.05, 3.63) is 53.2 Å². The molecule has 1 aromatic heterocycles. The fourth-order valence-electron chi connectivity index (χ4n) is 3.94. The fourth-order valence-corrected chi connectivity index (χ4v) is 5.49. The van der Waals surface area contributed by atoms with Crippen molar-refractivity contribution in [3.63, 3.8) is 0 Å². The van der Waals surface area contributed by atoms with Crippen molar-refractivity contribution < 1.29 is 17.9 Å². The summed E-state index contributed by atoms with van der Waals surface area (Å²) in [6.07, 6.45) is 2.95. The zero-order valence-electron chi connectivity index (χ0n) is 15.8. The molecular weight excluding hydrogens is 426 g/mol. The Balaban J connectivity index is 1.63. The predicted molar refractivity (Wildman–Crippen MR) is 114 cm³/mol. The van der Waals surface area contributed by atoms with Crippen molar-refractivity contribution in [1.82, 2.24) is 10.3 Å². The molecule has 0 radical (unpaired) electrons. The number of nitrogens with zero attached hydrogens (tertiary/aromatic N) is 1. The van der Waals surface area contributed by atoms with E-state index in [0.717, 1.165) is 25.9 Å². The maximum absolute atomic E-state index is 12.9. The Hall–Kier alpha value is -2.68. The van der Waals surface area contributed by atoms with Crippen LogP contribution in [0.15, 0.2) is 47.5 Å². The van der Waals surface area contributed by atoms with Gasteiger partial charge in [-0.25, -0.2) is 13.2 Å². The van der Waals surface area contributed by atoms with Gasteiger partial charge in [0.05, 0.1) is 26.7 Å². The van der Waals surface area contributed by atoms with Gasteiger partial charge < -0.3 is 10.1 Å². The lowest BCUT2D eigenvalue weighted by molar-refractivity contribution is 0.0229. The van der Waals surface area contributed by atoms with Gasteiger partial charge in [0, 0.05) is 22.7 Å². The second-order valence-corrected chi connectivity index (χ2v) is 9.41. The summed E-state index contributed by atoms with van der Waals surface area (Å²) >= 11 is 6.45. The third-order valence-electron chi connectivity index (χ3n) is 5.43. The molecule has 0 unspecified atom stereocenters. The number of anilines is 1. The predicted octanol–water partition coefficient (Wildman–Crippen LogP) is 3.58. The van der Waals surface area contributed by atoms with E-state index in [1.165, 1.54) is 12.1 Å². The van der Waals surface area contributed by atoms with E-state index in [4.69, 9.17) is 16.3 Å². The standard InChI is InChI=1S/C21H18ClN3O4S/c22-17-11-16-15-10-12(21(26)29-13-5-8-23-9-6-13)3-4-18(15)30(27,28)25-20(16)19-14(17)2-1-7-24-19/h1-4,7,10-11,13,23,25H,5-6,8-9H2. The van der Waals surface area contributed by atoms with E-state index in [1.54, 1.807) is 30.5 Å². The fraction of sp³-hybridized carbons (Fsp3) is 0.238. The quantitative estimate of drug-likeness (QED) is 0.587.